The Morgan fingerprint density at radius 2 is 1.35 bits per heavy atom. The molecule has 0 radical (unpaired) electrons. The van der Waals surface area contributed by atoms with Gasteiger partial charge in [0.25, 0.3) is 0 Å². The van der Waals surface area contributed by atoms with Crippen LogP contribution < -0.4 is 4.74 Å². The molecule has 1 aliphatic carbocycles. The van der Waals surface area contributed by atoms with Crippen molar-refractivity contribution in [3.8, 4) is 39.8 Å². The Kier molecular flexibility index (Phi) is 8.40. The van der Waals surface area contributed by atoms with Crippen LogP contribution >= 0.6 is 0 Å². The molecule has 1 atom stereocenters. The van der Waals surface area contributed by atoms with Gasteiger partial charge in [0.1, 0.15) is 29.0 Å². The van der Waals surface area contributed by atoms with Crippen molar-refractivity contribution in [3.05, 3.63) is 124 Å². The smallest absolute Gasteiger partial charge is 0.429 e. The van der Waals surface area contributed by atoms with Crippen LogP contribution in [0, 0.1) is 46.8 Å². The summed E-state index contributed by atoms with van der Waals surface area (Å²) in [5, 5.41) is -1.56. The van der Waals surface area contributed by atoms with Gasteiger partial charge < -0.3 is 4.74 Å². The number of rotatable bonds is 5. The number of alkyl halides is 5. The molecule has 0 aliphatic heterocycles. The first-order valence-corrected chi connectivity index (χ1v) is 14.6. The third-order valence-electron chi connectivity index (χ3n) is 8.20. The van der Waals surface area contributed by atoms with E-state index >= 15 is 17.6 Å². The molecule has 1 aliphatic rings. The molecule has 0 bridgehead atoms. The van der Waals surface area contributed by atoms with E-state index in [0.29, 0.717) is 41.7 Å². The average molecular weight is 673 g/mol. The number of fused-ring (bicyclic) bond motifs is 2. The summed E-state index contributed by atoms with van der Waals surface area (Å²) < 4.78 is 147. The minimum absolute atomic E-state index is 0.438. The largest absolute Gasteiger partial charge is 0.458 e. The first-order chi connectivity index (χ1) is 22.6. The minimum Gasteiger partial charge on any atom is -0.429 e. The van der Waals surface area contributed by atoms with E-state index in [0.717, 1.165) is 43.0 Å². The lowest BCUT2D eigenvalue weighted by molar-refractivity contribution is -0.185. The molecule has 0 spiro atoms. The molecule has 11 heteroatoms. The van der Waals surface area contributed by atoms with Crippen LogP contribution in [0.1, 0.15) is 35.6 Å². The summed E-state index contributed by atoms with van der Waals surface area (Å²) in [6, 6.07) is 13.8. The van der Waals surface area contributed by atoms with Crippen molar-refractivity contribution in [2.75, 3.05) is 0 Å². The standard InChI is InChI=1S/C37H22F10O/c1-19-2-3-23-13-22(5-4-21(23)12-19)20-6-8-26(9-7-20)37(46,47)48-27-17-31(40)33(32(41)18-27)24-14-25-15-29(38)28(10-11-36(43,44)45)35(42)34(25)30(39)16-24/h4-9,13-19H,2-3,12H2,1H3. The summed E-state index contributed by atoms with van der Waals surface area (Å²) in [7, 11) is 0. The summed E-state index contributed by atoms with van der Waals surface area (Å²) in [6.45, 7) is 2.19. The molecule has 0 aromatic heterocycles. The zero-order valence-corrected chi connectivity index (χ0v) is 24.8. The van der Waals surface area contributed by atoms with E-state index in [1.54, 1.807) is 0 Å². The molecule has 0 amide bonds. The summed E-state index contributed by atoms with van der Waals surface area (Å²) in [5.41, 5.74) is 0.559. The zero-order valence-electron chi connectivity index (χ0n) is 24.8. The van der Waals surface area contributed by atoms with Crippen LogP contribution in [0.2, 0.25) is 0 Å². The molecule has 6 rings (SSSR count). The first-order valence-electron chi connectivity index (χ1n) is 14.6. The van der Waals surface area contributed by atoms with Crippen LogP contribution in [0.5, 0.6) is 5.75 Å². The highest BCUT2D eigenvalue weighted by Gasteiger charge is 2.35. The van der Waals surface area contributed by atoms with Gasteiger partial charge in [-0.3, -0.25) is 0 Å². The highest BCUT2D eigenvalue weighted by Crippen LogP contribution is 2.38. The fourth-order valence-electron chi connectivity index (χ4n) is 5.87. The van der Waals surface area contributed by atoms with Crippen LogP contribution in [-0.2, 0) is 19.0 Å². The van der Waals surface area contributed by atoms with E-state index in [-0.39, 0.29) is 0 Å². The van der Waals surface area contributed by atoms with Crippen LogP contribution in [0.4, 0.5) is 43.9 Å². The normalized spacial score (nSPS) is 14.8. The van der Waals surface area contributed by atoms with Gasteiger partial charge in [-0.15, -0.1) is 0 Å². The molecule has 1 nitrogen and oxygen atoms in total. The molecule has 5 aromatic carbocycles. The van der Waals surface area contributed by atoms with Gasteiger partial charge in [-0.25, -0.2) is 22.0 Å². The molecule has 246 valence electrons. The highest BCUT2D eigenvalue weighted by molar-refractivity contribution is 5.90. The van der Waals surface area contributed by atoms with Gasteiger partial charge in [0.05, 0.1) is 22.1 Å². The fourth-order valence-corrected chi connectivity index (χ4v) is 5.87. The third kappa shape index (κ3) is 6.57. The third-order valence-corrected chi connectivity index (χ3v) is 8.20. The summed E-state index contributed by atoms with van der Waals surface area (Å²) >= 11 is 0. The van der Waals surface area contributed by atoms with Gasteiger partial charge in [0.2, 0.25) is 0 Å². The van der Waals surface area contributed by atoms with Gasteiger partial charge in [-0.2, -0.15) is 22.0 Å². The van der Waals surface area contributed by atoms with E-state index in [1.165, 1.54) is 29.2 Å². The van der Waals surface area contributed by atoms with E-state index < -0.39 is 80.1 Å². The van der Waals surface area contributed by atoms with E-state index in [1.807, 2.05) is 18.2 Å². The van der Waals surface area contributed by atoms with Crippen molar-refractivity contribution >= 4 is 10.8 Å². The second-order valence-electron chi connectivity index (χ2n) is 11.6. The molecule has 0 fully saturated rings. The number of hydrogen-bond donors (Lipinski definition) is 0. The predicted octanol–water partition coefficient (Wildman–Crippen LogP) is 11.0. The Hall–Kier alpha value is -4.98. The Labute approximate surface area is 267 Å². The molecule has 48 heavy (non-hydrogen) atoms. The zero-order chi connectivity index (χ0) is 34.5. The summed E-state index contributed by atoms with van der Waals surface area (Å²) in [4.78, 5) is 0. The van der Waals surface area contributed by atoms with Crippen molar-refractivity contribution in [1.29, 1.82) is 0 Å². The van der Waals surface area contributed by atoms with E-state index in [4.69, 9.17) is 0 Å². The van der Waals surface area contributed by atoms with Crippen LogP contribution in [-0.4, -0.2) is 6.18 Å². The molecule has 0 saturated heterocycles. The lowest BCUT2D eigenvalue weighted by Crippen LogP contribution is -2.22. The summed E-state index contributed by atoms with van der Waals surface area (Å²) in [5.74, 6) is -6.10. The van der Waals surface area contributed by atoms with Crippen LogP contribution in [0.15, 0.2) is 72.8 Å². The number of aryl methyl sites for hydroxylation is 1. The Balaban J connectivity index is 1.26. The van der Waals surface area contributed by atoms with Gasteiger partial charge >= 0.3 is 12.3 Å². The predicted molar refractivity (Wildman–Crippen MR) is 160 cm³/mol. The number of halogens is 10. The summed E-state index contributed by atoms with van der Waals surface area (Å²) in [6.07, 6.45) is -6.14. The van der Waals surface area contributed by atoms with Crippen molar-refractivity contribution in [2.24, 2.45) is 5.92 Å². The average Bonchev–Trinajstić information content (AvgIpc) is 2.99. The lowest BCUT2D eigenvalue weighted by atomic mass is 9.83. The maximum atomic E-state index is 15.2. The van der Waals surface area contributed by atoms with Gasteiger partial charge in [0.15, 0.2) is 5.82 Å². The Morgan fingerprint density at radius 3 is 2.02 bits per heavy atom. The molecule has 0 saturated carbocycles. The number of hydrogen-bond acceptors (Lipinski definition) is 1. The van der Waals surface area contributed by atoms with Crippen LogP contribution in [0.3, 0.4) is 0 Å². The highest BCUT2D eigenvalue weighted by atomic mass is 19.4. The van der Waals surface area contributed by atoms with E-state index in [2.05, 4.69) is 11.7 Å². The monoisotopic (exact) mass is 672 g/mol. The van der Waals surface area contributed by atoms with Crippen molar-refractivity contribution in [1.82, 2.24) is 0 Å². The van der Waals surface area contributed by atoms with Gasteiger partial charge in [-0.05, 0) is 88.7 Å². The molecular formula is C37H22F10O. The Bertz CT molecular complexity index is 2100. The minimum atomic E-state index is -5.09. The topological polar surface area (TPSA) is 9.23 Å². The SMILES string of the molecule is CC1CCc2cc(-c3ccc(C(F)(F)Oc4cc(F)c(-c5cc(F)c6c(F)c(C#CC(F)(F)F)c(F)cc6c5)c(F)c4)cc3)ccc2C1. The second-order valence-corrected chi connectivity index (χ2v) is 11.6. The van der Waals surface area contributed by atoms with Crippen molar-refractivity contribution in [2.45, 2.75) is 38.5 Å². The maximum absolute atomic E-state index is 15.2. The Morgan fingerprint density at radius 1 is 0.688 bits per heavy atom. The quantitative estimate of drug-likeness (QED) is 0.133. The lowest BCUT2D eigenvalue weighted by Gasteiger charge is -2.22. The maximum Gasteiger partial charge on any atom is 0.458 e. The molecule has 0 N–H and O–H groups in total. The molecule has 1 unspecified atom stereocenters. The fraction of sp³-hybridized carbons (Fsp3) is 0.189. The van der Waals surface area contributed by atoms with E-state index in [9.17, 15) is 26.3 Å². The van der Waals surface area contributed by atoms with Gasteiger partial charge in [0, 0.05) is 18.1 Å². The van der Waals surface area contributed by atoms with Gasteiger partial charge in [-0.1, -0.05) is 43.2 Å². The molecular weight excluding hydrogens is 650 g/mol. The number of benzene rings is 5. The van der Waals surface area contributed by atoms with Crippen LogP contribution in [0.25, 0.3) is 33.0 Å². The van der Waals surface area contributed by atoms with Crippen molar-refractivity contribution in [3.63, 3.8) is 0 Å². The molecule has 0 heterocycles. The second kappa shape index (κ2) is 12.2. The number of ether oxygens (including phenoxy) is 1. The van der Waals surface area contributed by atoms with Crippen molar-refractivity contribution < 1.29 is 48.6 Å². The molecule has 5 aromatic rings. The first kappa shape index (κ1) is 32.9.